The number of rotatable bonds is 1. The predicted molar refractivity (Wildman–Crippen MR) is 73.1 cm³/mol. The minimum absolute atomic E-state index is 0.214. The summed E-state index contributed by atoms with van der Waals surface area (Å²) in [4.78, 5) is 19.3. The molecule has 0 radical (unpaired) electrons. The summed E-state index contributed by atoms with van der Waals surface area (Å²) in [5, 5.41) is 4.29. The van der Waals surface area contributed by atoms with Crippen LogP contribution in [0.1, 0.15) is 46.2 Å². The fraction of sp³-hybridized carbons (Fsp3) is 0.583. The highest BCUT2D eigenvalue weighted by atomic mass is 79.9. The second-order valence-electron chi connectivity index (χ2n) is 5.85. The van der Waals surface area contributed by atoms with Gasteiger partial charge in [0.1, 0.15) is 11.2 Å². The maximum Gasteiger partial charge on any atom is 0.264 e. The zero-order chi connectivity index (χ0) is 13.7. The third kappa shape index (κ3) is 2.21. The van der Waals surface area contributed by atoms with E-state index in [0.717, 1.165) is 0 Å². The van der Waals surface area contributed by atoms with Crippen molar-refractivity contribution in [2.45, 2.75) is 44.4 Å². The molecule has 98 valence electrons. The van der Waals surface area contributed by atoms with Crippen LogP contribution in [0.4, 0.5) is 0 Å². The van der Waals surface area contributed by atoms with Gasteiger partial charge in [-0.1, -0.05) is 41.9 Å². The molecule has 18 heavy (non-hydrogen) atoms. The van der Waals surface area contributed by atoms with Crippen molar-refractivity contribution in [3.8, 4) is 0 Å². The monoisotopic (exact) mass is 313 g/mol. The largest absolute Gasteiger partial charge is 0.357 e. The molecule has 0 fully saturated rings. The molecule has 0 atom stereocenters. The second-order valence-corrected chi connectivity index (χ2v) is 7.83. The smallest absolute Gasteiger partial charge is 0.264 e. The molecule has 0 amide bonds. The molecule has 1 N–H and O–H groups in total. The van der Waals surface area contributed by atoms with E-state index in [-0.39, 0.29) is 11.0 Å². The van der Waals surface area contributed by atoms with E-state index in [0.29, 0.717) is 22.6 Å². The molecule has 2 rings (SSSR count). The lowest BCUT2D eigenvalue weighted by atomic mass is 9.95. The van der Waals surface area contributed by atoms with Gasteiger partial charge < -0.3 is 9.51 Å². The number of aromatic amines is 1. The molecule has 0 bridgehead atoms. The Morgan fingerprint density at radius 3 is 2.33 bits per heavy atom. The molecule has 2 aromatic rings. The normalized spacial score (nSPS) is 13.2. The zero-order valence-electron chi connectivity index (χ0n) is 11.1. The highest BCUT2D eigenvalue weighted by molar-refractivity contribution is 9.09. The lowest BCUT2D eigenvalue weighted by Crippen LogP contribution is -2.23. The van der Waals surface area contributed by atoms with Crippen molar-refractivity contribution in [2.75, 3.05) is 0 Å². The SMILES string of the molecule is CC(C)(C)c1nc2noc(C(C)(C)Br)c2c(=O)[nH]1. The van der Waals surface area contributed by atoms with Crippen molar-refractivity contribution in [3.63, 3.8) is 0 Å². The van der Waals surface area contributed by atoms with Crippen molar-refractivity contribution in [2.24, 2.45) is 0 Å². The Morgan fingerprint density at radius 1 is 1.22 bits per heavy atom. The number of nitrogens with zero attached hydrogens (tertiary/aromatic N) is 2. The van der Waals surface area contributed by atoms with Crippen molar-refractivity contribution >= 4 is 27.0 Å². The average molecular weight is 314 g/mol. The number of H-pyrrole nitrogens is 1. The third-order valence-corrected chi connectivity index (χ3v) is 2.96. The van der Waals surface area contributed by atoms with Crippen LogP contribution in [-0.2, 0) is 9.74 Å². The van der Waals surface area contributed by atoms with E-state index in [1.165, 1.54) is 0 Å². The Bertz CT molecular complexity index is 644. The maximum absolute atomic E-state index is 12.2. The molecule has 6 heteroatoms. The molecule has 0 aliphatic heterocycles. The fourth-order valence-corrected chi connectivity index (χ4v) is 1.90. The van der Waals surface area contributed by atoms with Gasteiger partial charge in [0.25, 0.3) is 5.56 Å². The lowest BCUT2D eigenvalue weighted by Gasteiger charge is -2.16. The van der Waals surface area contributed by atoms with Gasteiger partial charge in [0.05, 0.1) is 4.32 Å². The Hall–Kier alpha value is -1.17. The summed E-state index contributed by atoms with van der Waals surface area (Å²) in [7, 11) is 0. The van der Waals surface area contributed by atoms with Gasteiger partial charge in [-0.2, -0.15) is 0 Å². The van der Waals surface area contributed by atoms with Gasteiger partial charge >= 0.3 is 0 Å². The van der Waals surface area contributed by atoms with Crippen molar-refractivity contribution in [3.05, 3.63) is 21.9 Å². The van der Waals surface area contributed by atoms with E-state index in [2.05, 4.69) is 31.1 Å². The molecule has 2 heterocycles. The lowest BCUT2D eigenvalue weighted by molar-refractivity contribution is 0.369. The van der Waals surface area contributed by atoms with Crippen LogP contribution in [0, 0.1) is 0 Å². The summed E-state index contributed by atoms with van der Waals surface area (Å²) in [5.41, 5.74) is -0.101. The van der Waals surface area contributed by atoms with E-state index in [4.69, 9.17) is 4.52 Å². The molecular formula is C12H16BrN3O2. The van der Waals surface area contributed by atoms with Gasteiger partial charge in [0, 0.05) is 5.41 Å². The molecule has 0 spiro atoms. The number of hydrogen-bond donors (Lipinski definition) is 1. The van der Waals surface area contributed by atoms with Gasteiger partial charge in [-0.25, -0.2) is 4.98 Å². The number of fused-ring (bicyclic) bond motifs is 1. The van der Waals surface area contributed by atoms with E-state index < -0.39 is 4.32 Å². The summed E-state index contributed by atoms with van der Waals surface area (Å²) in [6.07, 6.45) is 0. The Labute approximate surface area is 113 Å². The van der Waals surface area contributed by atoms with E-state index in [1.54, 1.807) is 0 Å². The second kappa shape index (κ2) is 3.91. The first-order valence-electron chi connectivity index (χ1n) is 5.70. The van der Waals surface area contributed by atoms with Gasteiger partial charge in [0.15, 0.2) is 5.76 Å². The molecule has 2 aromatic heterocycles. The van der Waals surface area contributed by atoms with Crippen LogP contribution < -0.4 is 5.56 Å². The maximum atomic E-state index is 12.2. The van der Waals surface area contributed by atoms with E-state index in [1.807, 2.05) is 34.6 Å². The fourth-order valence-electron chi connectivity index (χ4n) is 1.63. The number of aromatic nitrogens is 3. The van der Waals surface area contributed by atoms with Crippen LogP contribution in [-0.4, -0.2) is 15.1 Å². The first-order valence-corrected chi connectivity index (χ1v) is 6.49. The van der Waals surface area contributed by atoms with Crippen LogP contribution in [0.2, 0.25) is 0 Å². The van der Waals surface area contributed by atoms with Crippen LogP contribution in [0.25, 0.3) is 11.0 Å². The summed E-state index contributed by atoms with van der Waals surface area (Å²) < 4.78 is 4.79. The Balaban J connectivity index is 2.77. The van der Waals surface area contributed by atoms with Gasteiger partial charge in [0.2, 0.25) is 5.65 Å². The minimum atomic E-state index is -0.459. The summed E-state index contributed by atoms with van der Waals surface area (Å²) in [5.74, 6) is 1.10. The third-order valence-electron chi connectivity index (χ3n) is 2.60. The highest BCUT2D eigenvalue weighted by Gasteiger charge is 2.28. The first kappa shape index (κ1) is 13.3. The van der Waals surface area contributed by atoms with Crippen molar-refractivity contribution in [1.29, 1.82) is 0 Å². The van der Waals surface area contributed by atoms with Gasteiger partial charge in [-0.05, 0) is 13.8 Å². The molecule has 0 aliphatic rings. The molecular weight excluding hydrogens is 298 g/mol. The van der Waals surface area contributed by atoms with Crippen LogP contribution in [0.5, 0.6) is 0 Å². The number of nitrogens with one attached hydrogen (secondary N) is 1. The highest BCUT2D eigenvalue weighted by Crippen LogP contribution is 2.33. The summed E-state index contributed by atoms with van der Waals surface area (Å²) >= 11 is 3.46. The van der Waals surface area contributed by atoms with Crippen LogP contribution in [0.15, 0.2) is 9.32 Å². The van der Waals surface area contributed by atoms with Gasteiger partial charge in [-0.15, -0.1) is 0 Å². The molecule has 0 unspecified atom stereocenters. The topological polar surface area (TPSA) is 71.8 Å². The quantitative estimate of drug-likeness (QED) is 0.822. The summed E-state index contributed by atoms with van der Waals surface area (Å²) in [6, 6.07) is 0. The van der Waals surface area contributed by atoms with E-state index >= 15 is 0 Å². The Kier molecular flexibility index (Phi) is 2.88. The number of alkyl halides is 1. The molecule has 0 saturated carbocycles. The number of halogens is 1. The minimum Gasteiger partial charge on any atom is -0.357 e. The predicted octanol–water partition coefficient (Wildman–Crippen LogP) is 2.84. The number of hydrogen-bond acceptors (Lipinski definition) is 4. The Morgan fingerprint density at radius 2 is 1.83 bits per heavy atom. The van der Waals surface area contributed by atoms with Crippen molar-refractivity contribution in [1.82, 2.24) is 15.1 Å². The van der Waals surface area contributed by atoms with Crippen LogP contribution in [0.3, 0.4) is 0 Å². The molecule has 0 saturated heterocycles. The standard InChI is InChI=1S/C12H16BrN3O2/c1-11(2,3)10-14-8-6(9(17)15-10)7(18-16-8)12(4,5)13/h1-5H3,(H,14,15,16,17). The van der Waals surface area contributed by atoms with Crippen LogP contribution >= 0.6 is 15.9 Å². The zero-order valence-corrected chi connectivity index (χ0v) is 12.7. The van der Waals surface area contributed by atoms with Crippen molar-refractivity contribution < 1.29 is 4.52 Å². The van der Waals surface area contributed by atoms with E-state index in [9.17, 15) is 4.79 Å². The molecule has 0 aliphatic carbocycles. The molecule has 5 nitrogen and oxygen atoms in total. The van der Waals surface area contributed by atoms with Gasteiger partial charge in [-0.3, -0.25) is 4.79 Å². The molecule has 0 aromatic carbocycles. The average Bonchev–Trinajstić information content (AvgIpc) is 2.59. The first-order chi connectivity index (χ1) is 8.10. The summed E-state index contributed by atoms with van der Waals surface area (Å²) in [6.45, 7) is 9.72.